The second kappa shape index (κ2) is 5.58. The molecule has 106 valence electrons. The Morgan fingerprint density at radius 1 is 0.952 bits per heavy atom. The number of thiazole rings is 1. The smallest absolute Gasteiger partial charge is 0.181 e. The summed E-state index contributed by atoms with van der Waals surface area (Å²) < 4.78 is 5.20. The largest absolute Gasteiger partial charge is 0.497 e. The van der Waals surface area contributed by atoms with Gasteiger partial charge >= 0.3 is 0 Å². The Morgan fingerprint density at radius 3 is 2.19 bits per heavy atom. The highest BCUT2D eigenvalue weighted by molar-refractivity contribution is 7.19. The van der Waals surface area contributed by atoms with Gasteiger partial charge in [-0.3, -0.25) is 0 Å². The molecule has 4 heteroatoms. The summed E-state index contributed by atoms with van der Waals surface area (Å²) in [7, 11) is 1.66. The molecule has 0 aliphatic carbocycles. The van der Waals surface area contributed by atoms with Crippen molar-refractivity contribution in [1.29, 1.82) is 0 Å². The van der Waals surface area contributed by atoms with E-state index in [1.54, 1.807) is 7.11 Å². The van der Waals surface area contributed by atoms with E-state index in [9.17, 15) is 0 Å². The molecular weight excluding hydrogens is 280 g/mol. The molecule has 0 unspecified atom stereocenters. The molecule has 21 heavy (non-hydrogen) atoms. The standard InChI is InChI=1S/C17H16N2OS/c1-11-3-5-12(6-4-11)15-16(21-17(18)19-15)13-7-9-14(20-2)10-8-13/h3-10H,1-2H3,(H2,18,19). The highest BCUT2D eigenvalue weighted by Gasteiger charge is 2.13. The molecule has 0 amide bonds. The zero-order chi connectivity index (χ0) is 14.8. The van der Waals surface area contributed by atoms with Crippen molar-refractivity contribution in [3.05, 3.63) is 54.1 Å². The third kappa shape index (κ3) is 2.76. The SMILES string of the molecule is COc1ccc(-c2sc(N)nc2-c2ccc(C)cc2)cc1. The van der Waals surface area contributed by atoms with Gasteiger partial charge in [-0.25, -0.2) is 4.98 Å². The molecule has 0 aliphatic heterocycles. The molecule has 0 radical (unpaired) electrons. The maximum absolute atomic E-state index is 5.92. The molecule has 1 heterocycles. The predicted octanol–water partition coefficient (Wildman–Crippen LogP) is 4.38. The normalized spacial score (nSPS) is 10.6. The van der Waals surface area contributed by atoms with Crippen LogP contribution in [-0.4, -0.2) is 12.1 Å². The zero-order valence-electron chi connectivity index (χ0n) is 12.0. The van der Waals surface area contributed by atoms with Crippen LogP contribution in [0.4, 0.5) is 5.13 Å². The van der Waals surface area contributed by atoms with Crippen molar-refractivity contribution in [1.82, 2.24) is 4.98 Å². The molecule has 3 aromatic rings. The van der Waals surface area contributed by atoms with E-state index in [-0.39, 0.29) is 0 Å². The van der Waals surface area contributed by atoms with Crippen LogP contribution in [0.3, 0.4) is 0 Å². The van der Waals surface area contributed by atoms with Gasteiger partial charge in [0.1, 0.15) is 5.75 Å². The van der Waals surface area contributed by atoms with E-state index in [1.165, 1.54) is 16.9 Å². The number of ether oxygens (including phenoxy) is 1. The number of nitrogen functional groups attached to an aromatic ring is 1. The van der Waals surface area contributed by atoms with Crippen molar-refractivity contribution >= 4 is 16.5 Å². The van der Waals surface area contributed by atoms with Crippen molar-refractivity contribution in [2.45, 2.75) is 6.92 Å². The highest BCUT2D eigenvalue weighted by atomic mass is 32.1. The number of hydrogen-bond acceptors (Lipinski definition) is 4. The number of anilines is 1. The summed E-state index contributed by atoms with van der Waals surface area (Å²) in [4.78, 5) is 5.58. The lowest BCUT2D eigenvalue weighted by atomic mass is 10.1. The molecule has 0 atom stereocenters. The van der Waals surface area contributed by atoms with E-state index in [4.69, 9.17) is 10.5 Å². The van der Waals surface area contributed by atoms with Gasteiger partial charge in [0.2, 0.25) is 0 Å². The summed E-state index contributed by atoms with van der Waals surface area (Å²) in [6, 6.07) is 16.3. The molecule has 0 fully saturated rings. The van der Waals surface area contributed by atoms with Gasteiger partial charge in [0, 0.05) is 5.56 Å². The van der Waals surface area contributed by atoms with Gasteiger partial charge in [-0.1, -0.05) is 41.2 Å². The Hall–Kier alpha value is -2.33. The fourth-order valence-corrected chi connectivity index (χ4v) is 3.04. The molecule has 0 saturated heterocycles. The summed E-state index contributed by atoms with van der Waals surface area (Å²) >= 11 is 1.51. The van der Waals surface area contributed by atoms with Crippen LogP contribution in [0.15, 0.2) is 48.5 Å². The first-order valence-electron chi connectivity index (χ1n) is 6.65. The van der Waals surface area contributed by atoms with E-state index < -0.39 is 0 Å². The number of aromatic nitrogens is 1. The Balaban J connectivity index is 2.08. The first kappa shape index (κ1) is 13.6. The molecule has 1 aromatic heterocycles. The van der Waals surface area contributed by atoms with E-state index >= 15 is 0 Å². The maximum Gasteiger partial charge on any atom is 0.181 e. The molecule has 0 spiro atoms. The fraction of sp³-hybridized carbons (Fsp3) is 0.118. The lowest BCUT2D eigenvalue weighted by Gasteiger charge is -2.05. The first-order chi connectivity index (χ1) is 10.2. The van der Waals surface area contributed by atoms with E-state index in [1.807, 2.05) is 24.3 Å². The van der Waals surface area contributed by atoms with Crippen LogP contribution >= 0.6 is 11.3 Å². The van der Waals surface area contributed by atoms with Crippen molar-refractivity contribution in [2.75, 3.05) is 12.8 Å². The number of aryl methyl sites for hydroxylation is 1. The van der Waals surface area contributed by atoms with Crippen molar-refractivity contribution in [2.24, 2.45) is 0 Å². The molecule has 3 nitrogen and oxygen atoms in total. The average Bonchev–Trinajstić information content (AvgIpc) is 2.90. The second-order valence-corrected chi connectivity index (χ2v) is 5.86. The number of methoxy groups -OCH3 is 1. The van der Waals surface area contributed by atoms with E-state index in [2.05, 4.69) is 36.2 Å². The molecular formula is C17H16N2OS. The van der Waals surface area contributed by atoms with Gasteiger partial charge in [-0.05, 0) is 36.8 Å². The number of hydrogen-bond donors (Lipinski definition) is 1. The minimum absolute atomic E-state index is 0.580. The zero-order valence-corrected chi connectivity index (χ0v) is 12.8. The molecule has 2 aromatic carbocycles. The van der Waals surface area contributed by atoms with Crippen LogP contribution in [0.2, 0.25) is 0 Å². The highest BCUT2D eigenvalue weighted by Crippen LogP contribution is 2.38. The van der Waals surface area contributed by atoms with Gasteiger partial charge in [0.25, 0.3) is 0 Å². The lowest BCUT2D eigenvalue weighted by molar-refractivity contribution is 0.415. The maximum atomic E-state index is 5.92. The van der Waals surface area contributed by atoms with Crippen molar-refractivity contribution in [3.8, 4) is 27.4 Å². The molecule has 0 bridgehead atoms. The summed E-state index contributed by atoms with van der Waals surface area (Å²) in [5.41, 5.74) is 10.3. The second-order valence-electron chi connectivity index (χ2n) is 4.82. The quantitative estimate of drug-likeness (QED) is 0.780. The van der Waals surface area contributed by atoms with Gasteiger partial charge < -0.3 is 10.5 Å². The number of nitrogens with two attached hydrogens (primary N) is 1. The average molecular weight is 296 g/mol. The van der Waals surface area contributed by atoms with Crippen LogP contribution < -0.4 is 10.5 Å². The minimum Gasteiger partial charge on any atom is -0.497 e. The van der Waals surface area contributed by atoms with E-state index in [0.717, 1.165) is 27.4 Å². The van der Waals surface area contributed by atoms with Crippen LogP contribution in [-0.2, 0) is 0 Å². The Bertz CT molecular complexity index is 745. The van der Waals surface area contributed by atoms with Crippen LogP contribution in [0.25, 0.3) is 21.7 Å². The minimum atomic E-state index is 0.580. The van der Waals surface area contributed by atoms with Crippen LogP contribution in [0.5, 0.6) is 5.75 Å². The molecule has 0 aliphatic rings. The number of nitrogens with zero attached hydrogens (tertiary/aromatic N) is 1. The summed E-state index contributed by atoms with van der Waals surface area (Å²) in [5.74, 6) is 0.841. The predicted molar refractivity (Wildman–Crippen MR) is 88.7 cm³/mol. The lowest BCUT2D eigenvalue weighted by Crippen LogP contribution is -1.85. The van der Waals surface area contributed by atoms with Crippen LogP contribution in [0, 0.1) is 6.92 Å². The Labute approximate surface area is 128 Å². The van der Waals surface area contributed by atoms with Crippen molar-refractivity contribution in [3.63, 3.8) is 0 Å². The molecule has 3 rings (SSSR count). The molecule has 0 saturated carbocycles. The fourth-order valence-electron chi connectivity index (χ4n) is 2.18. The van der Waals surface area contributed by atoms with Crippen LogP contribution in [0.1, 0.15) is 5.56 Å². The van der Waals surface area contributed by atoms with Gasteiger partial charge in [0.05, 0.1) is 17.7 Å². The van der Waals surface area contributed by atoms with Crippen molar-refractivity contribution < 1.29 is 4.74 Å². The van der Waals surface area contributed by atoms with Gasteiger partial charge in [0.15, 0.2) is 5.13 Å². The first-order valence-corrected chi connectivity index (χ1v) is 7.47. The summed E-state index contributed by atoms with van der Waals surface area (Å²) in [5, 5.41) is 0.580. The molecule has 2 N–H and O–H groups in total. The number of rotatable bonds is 3. The van der Waals surface area contributed by atoms with Gasteiger partial charge in [-0.2, -0.15) is 0 Å². The third-order valence-electron chi connectivity index (χ3n) is 3.32. The topological polar surface area (TPSA) is 48.1 Å². The van der Waals surface area contributed by atoms with E-state index in [0.29, 0.717) is 5.13 Å². The summed E-state index contributed by atoms with van der Waals surface area (Å²) in [6.07, 6.45) is 0. The number of benzene rings is 2. The Morgan fingerprint density at radius 2 is 1.57 bits per heavy atom. The summed E-state index contributed by atoms with van der Waals surface area (Å²) in [6.45, 7) is 2.07. The third-order valence-corrected chi connectivity index (χ3v) is 4.25. The Kier molecular flexibility index (Phi) is 3.62. The monoisotopic (exact) mass is 296 g/mol. The van der Waals surface area contributed by atoms with Gasteiger partial charge in [-0.15, -0.1) is 0 Å².